The van der Waals surface area contributed by atoms with E-state index in [-0.39, 0.29) is 31.4 Å². The molecule has 1 atom stereocenters. The second-order valence-electron chi connectivity index (χ2n) is 1.47. The van der Waals surface area contributed by atoms with Gasteiger partial charge >= 0.3 is 5.97 Å². The minimum absolute atomic E-state index is 0. The van der Waals surface area contributed by atoms with Gasteiger partial charge in [0.15, 0.2) is 0 Å². The van der Waals surface area contributed by atoms with E-state index >= 15 is 0 Å². The molecule has 0 aromatic heterocycles. The number of halogens is 2. The van der Waals surface area contributed by atoms with Crippen LogP contribution in [-0.4, -0.2) is 17.6 Å². The first-order valence-electron chi connectivity index (χ1n) is 2.11. The van der Waals surface area contributed by atoms with Crippen LogP contribution in [0, 0.1) is 5.92 Å². The van der Waals surface area contributed by atoms with E-state index in [9.17, 15) is 4.79 Å². The Bertz CT molecular complexity index is 79.0. The Labute approximate surface area is 66.4 Å². The summed E-state index contributed by atoms with van der Waals surface area (Å²) in [5.41, 5.74) is 4.99. The van der Waals surface area contributed by atoms with E-state index in [0.717, 1.165) is 0 Å². The van der Waals surface area contributed by atoms with Crippen LogP contribution in [0.15, 0.2) is 0 Å². The summed E-state index contributed by atoms with van der Waals surface area (Å²) in [6, 6.07) is 0. The van der Waals surface area contributed by atoms with Crippen molar-refractivity contribution in [2.45, 2.75) is 6.92 Å². The Hall–Kier alpha value is 0.01000. The number of carboxylic acids is 1. The summed E-state index contributed by atoms with van der Waals surface area (Å²) in [5.74, 6) is -1.23. The van der Waals surface area contributed by atoms with Gasteiger partial charge in [-0.3, -0.25) is 4.79 Å². The van der Waals surface area contributed by atoms with Gasteiger partial charge in [-0.1, -0.05) is 6.92 Å². The zero-order valence-electron chi connectivity index (χ0n) is 5.03. The molecule has 0 aliphatic heterocycles. The highest BCUT2D eigenvalue weighted by Gasteiger charge is 2.05. The summed E-state index contributed by atoms with van der Waals surface area (Å²) in [7, 11) is 0. The first-order valence-corrected chi connectivity index (χ1v) is 2.11. The number of carboxylic acid groups (broad SMARTS) is 1. The number of hydrogen-bond donors (Lipinski definition) is 2. The Morgan fingerprint density at radius 1 is 1.67 bits per heavy atom. The van der Waals surface area contributed by atoms with Gasteiger partial charge < -0.3 is 10.8 Å². The topological polar surface area (TPSA) is 63.3 Å². The predicted octanol–water partition coefficient (Wildman–Crippen LogP) is 0.509. The molecule has 3 N–H and O–H groups in total. The van der Waals surface area contributed by atoms with Gasteiger partial charge in [-0.05, 0) is 0 Å². The zero-order valence-corrected chi connectivity index (χ0v) is 6.67. The fourth-order valence-electron chi connectivity index (χ4n) is 0.101. The van der Waals surface area contributed by atoms with Crippen LogP contribution in [0.4, 0.5) is 0 Å². The Morgan fingerprint density at radius 3 is 2.00 bits per heavy atom. The van der Waals surface area contributed by atoms with Gasteiger partial charge in [-0.15, -0.1) is 24.8 Å². The Kier molecular flexibility index (Phi) is 14.2. The Morgan fingerprint density at radius 2 is 2.00 bits per heavy atom. The van der Waals surface area contributed by atoms with Gasteiger partial charge in [0.2, 0.25) is 0 Å². The minimum Gasteiger partial charge on any atom is -0.481 e. The van der Waals surface area contributed by atoms with Gasteiger partial charge in [-0.25, -0.2) is 0 Å². The summed E-state index contributed by atoms with van der Waals surface area (Å²) < 4.78 is 0. The normalized spacial score (nSPS) is 10.4. The highest BCUT2D eigenvalue weighted by Crippen LogP contribution is 1.87. The third-order valence-corrected chi connectivity index (χ3v) is 0.775. The van der Waals surface area contributed by atoms with Gasteiger partial charge in [-0.2, -0.15) is 0 Å². The molecule has 9 heavy (non-hydrogen) atoms. The maximum Gasteiger partial charge on any atom is 0.307 e. The first-order chi connectivity index (χ1) is 3.18. The van der Waals surface area contributed by atoms with Crippen LogP contribution < -0.4 is 5.73 Å². The maximum absolute atomic E-state index is 9.85. The van der Waals surface area contributed by atoms with Crippen LogP contribution >= 0.6 is 24.8 Å². The molecule has 3 nitrogen and oxygen atoms in total. The molecule has 5 heteroatoms. The molecule has 0 aromatic carbocycles. The number of rotatable bonds is 2. The van der Waals surface area contributed by atoms with Crippen molar-refractivity contribution in [2.75, 3.05) is 6.54 Å². The molecule has 58 valence electrons. The van der Waals surface area contributed by atoms with Crippen LogP contribution in [0.1, 0.15) is 6.92 Å². The molecule has 0 spiro atoms. The molecule has 0 amide bonds. The smallest absolute Gasteiger partial charge is 0.307 e. The van der Waals surface area contributed by atoms with Crippen LogP contribution in [-0.2, 0) is 4.79 Å². The van der Waals surface area contributed by atoms with Crippen molar-refractivity contribution in [1.29, 1.82) is 0 Å². The summed E-state index contributed by atoms with van der Waals surface area (Å²) in [6.45, 7) is 1.79. The Balaban J connectivity index is -0.000000180. The minimum atomic E-state index is -0.831. The molecule has 0 aliphatic carbocycles. The van der Waals surface area contributed by atoms with Crippen molar-refractivity contribution < 1.29 is 9.90 Å². The van der Waals surface area contributed by atoms with Gasteiger partial charge in [0.25, 0.3) is 0 Å². The summed E-state index contributed by atoms with van der Waals surface area (Å²) >= 11 is 0. The lowest BCUT2D eigenvalue weighted by atomic mass is 10.2. The number of carbonyl (C=O) groups is 1. The average Bonchev–Trinajstić information content (AvgIpc) is 1.65. The van der Waals surface area contributed by atoms with Crippen LogP contribution in [0.25, 0.3) is 0 Å². The van der Waals surface area contributed by atoms with Crippen LogP contribution in [0.2, 0.25) is 0 Å². The van der Waals surface area contributed by atoms with Crippen molar-refractivity contribution in [3.63, 3.8) is 0 Å². The molecule has 0 saturated heterocycles. The summed E-state index contributed by atoms with van der Waals surface area (Å²) in [5, 5.41) is 8.10. The monoisotopic (exact) mass is 175 g/mol. The molecule has 0 aromatic rings. The zero-order chi connectivity index (χ0) is 5.86. The molecule has 0 heterocycles. The molecular formula is C4H11Cl2NO2. The molecule has 0 rings (SSSR count). The van der Waals surface area contributed by atoms with E-state index in [1.165, 1.54) is 0 Å². The van der Waals surface area contributed by atoms with E-state index in [1.807, 2.05) is 0 Å². The lowest BCUT2D eigenvalue weighted by Crippen LogP contribution is -2.19. The van der Waals surface area contributed by atoms with E-state index in [4.69, 9.17) is 10.8 Å². The third kappa shape index (κ3) is 8.01. The summed E-state index contributed by atoms with van der Waals surface area (Å²) in [6.07, 6.45) is 0. The lowest BCUT2D eigenvalue weighted by molar-refractivity contribution is -0.140. The van der Waals surface area contributed by atoms with Crippen molar-refractivity contribution in [2.24, 2.45) is 11.7 Å². The molecule has 0 aliphatic rings. The third-order valence-electron chi connectivity index (χ3n) is 0.775. The second kappa shape index (κ2) is 8.01. The number of aliphatic carboxylic acids is 1. The van der Waals surface area contributed by atoms with Crippen molar-refractivity contribution >= 4 is 30.8 Å². The van der Waals surface area contributed by atoms with Crippen LogP contribution in [0.5, 0.6) is 0 Å². The lowest BCUT2D eigenvalue weighted by Gasteiger charge is -1.96. The average molecular weight is 176 g/mol. The fourth-order valence-corrected chi connectivity index (χ4v) is 0.101. The van der Waals surface area contributed by atoms with Gasteiger partial charge in [0, 0.05) is 6.54 Å². The van der Waals surface area contributed by atoms with E-state index in [0.29, 0.717) is 0 Å². The number of hydrogen-bond acceptors (Lipinski definition) is 2. The number of nitrogens with two attached hydrogens (primary N) is 1. The van der Waals surface area contributed by atoms with E-state index < -0.39 is 11.9 Å². The molecule has 0 fully saturated rings. The van der Waals surface area contributed by atoms with Crippen LogP contribution in [0.3, 0.4) is 0 Å². The fraction of sp³-hybridized carbons (Fsp3) is 0.750. The quantitative estimate of drug-likeness (QED) is 0.644. The molecule has 0 saturated carbocycles. The maximum atomic E-state index is 9.85. The highest BCUT2D eigenvalue weighted by atomic mass is 35.5. The predicted molar refractivity (Wildman–Crippen MR) is 40.4 cm³/mol. The SMILES string of the molecule is CC(CN)C(=O)O.Cl.Cl. The molecule has 0 bridgehead atoms. The van der Waals surface area contributed by atoms with Gasteiger partial charge in [0.1, 0.15) is 0 Å². The molecule has 0 radical (unpaired) electrons. The largest absolute Gasteiger partial charge is 0.481 e. The highest BCUT2D eigenvalue weighted by molar-refractivity contribution is 5.85. The molecule has 1 unspecified atom stereocenters. The summed E-state index contributed by atoms with van der Waals surface area (Å²) in [4.78, 5) is 9.85. The van der Waals surface area contributed by atoms with E-state index in [1.54, 1.807) is 6.92 Å². The van der Waals surface area contributed by atoms with Crippen molar-refractivity contribution in [3.05, 3.63) is 0 Å². The van der Waals surface area contributed by atoms with Gasteiger partial charge in [0.05, 0.1) is 5.92 Å². The second-order valence-corrected chi connectivity index (χ2v) is 1.47. The van der Waals surface area contributed by atoms with E-state index in [2.05, 4.69) is 0 Å². The molecular weight excluding hydrogens is 165 g/mol. The standard InChI is InChI=1S/C4H9NO2.2ClH/c1-3(2-5)4(6)7;;/h3H,2,5H2,1H3,(H,6,7);2*1H. The first kappa shape index (κ1) is 16.0. The van der Waals surface area contributed by atoms with Crippen molar-refractivity contribution in [3.8, 4) is 0 Å². The van der Waals surface area contributed by atoms with Crippen molar-refractivity contribution in [1.82, 2.24) is 0 Å².